The Labute approximate surface area is 97.6 Å². The molecule has 0 saturated heterocycles. The molecule has 0 atom stereocenters. The summed E-state index contributed by atoms with van der Waals surface area (Å²) in [5.41, 5.74) is 2.41. The van der Waals surface area contributed by atoms with Gasteiger partial charge in [-0.2, -0.15) is 0 Å². The van der Waals surface area contributed by atoms with Crippen LogP contribution in [0, 0.1) is 0 Å². The predicted molar refractivity (Wildman–Crippen MR) is 73.4 cm³/mol. The van der Waals surface area contributed by atoms with Crippen LogP contribution in [0.1, 0.15) is 13.8 Å². The van der Waals surface area contributed by atoms with Crippen LogP contribution in [0.25, 0.3) is 12.7 Å². The molecular weight excluding hydrogens is 192 g/mol. The first-order chi connectivity index (χ1) is 7.69. The van der Waals surface area contributed by atoms with Gasteiger partial charge in [-0.25, -0.2) is 0 Å². The number of allylic oxidation sites excluding steroid dienone is 5. The van der Waals surface area contributed by atoms with Gasteiger partial charge in [0, 0.05) is 0 Å². The van der Waals surface area contributed by atoms with Crippen molar-refractivity contribution in [3.05, 3.63) is 70.7 Å². The first-order valence-corrected chi connectivity index (χ1v) is 5.40. The average Bonchev–Trinajstić information content (AvgIpc) is 2.28. The van der Waals surface area contributed by atoms with Crippen molar-refractivity contribution in [2.45, 2.75) is 13.8 Å². The van der Waals surface area contributed by atoms with Crippen LogP contribution in [-0.2, 0) is 0 Å². The molecule has 0 aliphatic heterocycles. The monoisotopic (exact) mass is 210 g/mol. The molecule has 0 heterocycles. The Morgan fingerprint density at radius 1 is 1.25 bits per heavy atom. The Morgan fingerprint density at radius 2 is 1.94 bits per heavy atom. The van der Waals surface area contributed by atoms with Crippen molar-refractivity contribution < 1.29 is 0 Å². The van der Waals surface area contributed by atoms with Gasteiger partial charge in [0.15, 0.2) is 0 Å². The molecule has 0 bridgehead atoms. The molecule has 82 valence electrons. The second-order valence-electron chi connectivity index (χ2n) is 3.67. The molecule has 0 N–H and O–H groups in total. The SMILES string of the molecule is C=C\C=C(C)/C(=C\C)/C=c1/ccccc1=C. The zero-order valence-electron chi connectivity index (χ0n) is 10.0. The van der Waals surface area contributed by atoms with Crippen LogP contribution in [0.2, 0.25) is 0 Å². The highest BCUT2D eigenvalue weighted by molar-refractivity contribution is 5.57. The highest BCUT2D eigenvalue weighted by atomic mass is 14.0. The van der Waals surface area contributed by atoms with Crippen LogP contribution in [0.3, 0.4) is 0 Å². The van der Waals surface area contributed by atoms with Crippen molar-refractivity contribution in [2.24, 2.45) is 0 Å². The van der Waals surface area contributed by atoms with E-state index < -0.39 is 0 Å². The fourth-order valence-corrected chi connectivity index (χ4v) is 1.54. The summed E-state index contributed by atoms with van der Waals surface area (Å²) in [4.78, 5) is 0. The van der Waals surface area contributed by atoms with Crippen molar-refractivity contribution in [1.29, 1.82) is 0 Å². The van der Waals surface area contributed by atoms with Crippen LogP contribution >= 0.6 is 0 Å². The molecule has 1 rings (SSSR count). The summed E-state index contributed by atoms with van der Waals surface area (Å²) in [5.74, 6) is 0. The normalized spacial score (nSPS) is 14.0. The summed E-state index contributed by atoms with van der Waals surface area (Å²) < 4.78 is 0. The summed E-state index contributed by atoms with van der Waals surface area (Å²) in [6.45, 7) is 11.8. The van der Waals surface area contributed by atoms with E-state index in [4.69, 9.17) is 0 Å². The lowest BCUT2D eigenvalue weighted by atomic mass is 10.1. The van der Waals surface area contributed by atoms with E-state index in [1.165, 1.54) is 11.1 Å². The van der Waals surface area contributed by atoms with Crippen molar-refractivity contribution >= 4 is 12.7 Å². The van der Waals surface area contributed by atoms with Crippen molar-refractivity contribution in [3.63, 3.8) is 0 Å². The van der Waals surface area contributed by atoms with E-state index in [1.807, 2.05) is 37.3 Å². The van der Waals surface area contributed by atoms with Crippen molar-refractivity contribution in [3.8, 4) is 0 Å². The Morgan fingerprint density at radius 3 is 2.50 bits per heavy atom. The van der Waals surface area contributed by atoms with Gasteiger partial charge in [-0.3, -0.25) is 0 Å². The van der Waals surface area contributed by atoms with Gasteiger partial charge >= 0.3 is 0 Å². The van der Waals surface area contributed by atoms with Crippen LogP contribution in [0.5, 0.6) is 0 Å². The van der Waals surface area contributed by atoms with Gasteiger partial charge < -0.3 is 0 Å². The molecule has 0 unspecified atom stereocenters. The summed E-state index contributed by atoms with van der Waals surface area (Å²) in [6, 6.07) is 8.13. The lowest BCUT2D eigenvalue weighted by Gasteiger charge is -2.00. The summed E-state index contributed by atoms with van der Waals surface area (Å²) in [5, 5.41) is 2.21. The van der Waals surface area contributed by atoms with E-state index in [-0.39, 0.29) is 0 Å². The molecule has 0 amide bonds. The molecule has 0 aromatic heterocycles. The number of hydrogen-bond donors (Lipinski definition) is 0. The van der Waals surface area contributed by atoms with Gasteiger partial charge in [-0.05, 0) is 41.5 Å². The van der Waals surface area contributed by atoms with Crippen molar-refractivity contribution in [1.82, 2.24) is 0 Å². The van der Waals surface area contributed by atoms with E-state index in [1.54, 1.807) is 0 Å². The number of rotatable bonds is 3. The molecule has 1 aromatic rings. The third-order valence-corrected chi connectivity index (χ3v) is 2.50. The maximum Gasteiger partial charge on any atom is -0.0184 e. The Kier molecular flexibility index (Phi) is 4.53. The zero-order chi connectivity index (χ0) is 12.0. The van der Waals surface area contributed by atoms with E-state index >= 15 is 0 Å². The summed E-state index contributed by atoms with van der Waals surface area (Å²) >= 11 is 0. The summed E-state index contributed by atoms with van der Waals surface area (Å²) in [6.07, 6.45) is 8.07. The largest absolute Gasteiger partial charge is 0.0991 e. The smallest absolute Gasteiger partial charge is 0.0184 e. The second kappa shape index (κ2) is 5.92. The Hall–Kier alpha value is -1.82. The zero-order valence-corrected chi connectivity index (χ0v) is 10.0. The lowest BCUT2D eigenvalue weighted by molar-refractivity contribution is 1.42. The topological polar surface area (TPSA) is 0 Å². The van der Waals surface area contributed by atoms with Crippen molar-refractivity contribution in [2.75, 3.05) is 0 Å². The molecule has 0 radical (unpaired) electrons. The highest BCUT2D eigenvalue weighted by Crippen LogP contribution is 2.10. The molecule has 1 aromatic carbocycles. The molecule has 0 nitrogen and oxygen atoms in total. The maximum atomic E-state index is 4.02. The number of hydrogen-bond acceptors (Lipinski definition) is 0. The minimum atomic E-state index is 1.05. The Bertz CT molecular complexity index is 527. The van der Waals surface area contributed by atoms with Gasteiger partial charge in [0.05, 0.1) is 0 Å². The van der Waals surface area contributed by atoms with Gasteiger partial charge in [0.1, 0.15) is 0 Å². The molecular formula is C16H18. The fraction of sp³-hybridized carbons (Fsp3) is 0.125. The van der Waals surface area contributed by atoms with E-state index in [2.05, 4.69) is 38.3 Å². The molecule has 0 aliphatic carbocycles. The first kappa shape index (κ1) is 12.3. The van der Waals surface area contributed by atoms with Gasteiger partial charge in [0.2, 0.25) is 0 Å². The van der Waals surface area contributed by atoms with Gasteiger partial charge in [0.25, 0.3) is 0 Å². The third-order valence-electron chi connectivity index (χ3n) is 2.50. The standard InChI is InChI=1S/C16H18/c1-5-9-13(3)15(6-2)12-16-11-8-7-10-14(16)4/h5-12H,1,4H2,2-3H3/b13-9-,15-6-,16-12-. The third kappa shape index (κ3) is 3.09. The molecule has 16 heavy (non-hydrogen) atoms. The van der Waals surface area contributed by atoms with E-state index in [9.17, 15) is 0 Å². The Balaban J connectivity index is 3.27. The average molecular weight is 210 g/mol. The molecule has 0 fully saturated rings. The molecule has 0 aliphatic rings. The van der Waals surface area contributed by atoms with E-state index in [0.29, 0.717) is 0 Å². The maximum absolute atomic E-state index is 4.02. The van der Waals surface area contributed by atoms with Crippen LogP contribution in [0.15, 0.2) is 60.2 Å². The first-order valence-electron chi connectivity index (χ1n) is 5.40. The minimum absolute atomic E-state index is 1.05. The number of benzene rings is 1. The lowest BCUT2D eigenvalue weighted by Crippen LogP contribution is -2.22. The van der Waals surface area contributed by atoms with Gasteiger partial charge in [-0.15, -0.1) is 0 Å². The van der Waals surface area contributed by atoms with Crippen LogP contribution in [0.4, 0.5) is 0 Å². The van der Waals surface area contributed by atoms with Crippen LogP contribution in [-0.4, -0.2) is 0 Å². The second-order valence-corrected chi connectivity index (χ2v) is 3.67. The van der Waals surface area contributed by atoms with Crippen LogP contribution < -0.4 is 10.4 Å². The predicted octanol–water partition coefficient (Wildman–Crippen LogP) is 2.96. The molecule has 0 spiro atoms. The fourth-order valence-electron chi connectivity index (χ4n) is 1.54. The van der Waals surface area contributed by atoms with E-state index in [0.717, 1.165) is 10.4 Å². The molecule has 0 heteroatoms. The summed E-state index contributed by atoms with van der Waals surface area (Å²) in [7, 11) is 0. The quantitative estimate of drug-likeness (QED) is 0.673. The highest BCUT2D eigenvalue weighted by Gasteiger charge is 1.93. The molecule has 0 saturated carbocycles. The minimum Gasteiger partial charge on any atom is -0.0991 e. The van der Waals surface area contributed by atoms with Gasteiger partial charge in [-0.1, -0.05) is 55.7 Å².